The highest BCUT2D eigenvalue weighted by Crippen LogP contribution is 2.57. The number of amides is 1. The van der Waals surface area contributed by atoms with Gasteiger partial charge in [0.05, 0.1) is 5.54 Å². The van der Waals surface area contributed by atoms with Crippen molar-refractivity contribution in [1.82, 2.24) is 4.90 Å². The van der Waals surface area contributed by atoms with Crippen LogP contribution in [0.15, 0.2) is 23.2 Å². The van der Waals surface area contributed by atoms with E-state index in [-0.39, 0.29) is 30.0 Å². The fraction of sp³-hybridized carbons (Fsp3) is 0.667. The SMILES string of the molecule is CCCN1C(=NC23CC4CC(CC(C4)C2)C3)SCC1N(C(C)=O)c1cc(Cl)cc(Cl)c1.Cl. The molecule has 1 aromatic carbocycles. The Bertz CT molecular complexity index is 853. The predicted octanol–water partition coefficient (Wildman–Crippen LogP) is 6.88. The summed E-state index contributed by atoms with van der Waals surface area (Å²) >= 11 is 14.4. The van der Waals surface area contributed by atoms with Crippen LogP contribution in [0.1, 0.15) is 58.8 Å². The lowest BCUT2D eigenvalue weighted by molar-refractivity contribution is -0.117. The first-order valence-corrected chi connectivity index (χ1v) is 13.3. The van der Waals surface area contributed by atoms with E-state index in [9.17, 15) is 4.79 Å². The van der Waals surface area contributed by atoms with E-state index < -0.39 is 0 Å². The maximum Gasteiger partial charge on any atom is 0.225 e. The van der Waals surface area contributed by atoms with Gasteiger partial charge in [-0.05, 0) is 80.9 Å². The summed E-state index contributed by atoms with van der Waals surface area (Å²) in [4.78, 5) is 22.5. The van der Waals surface area contributed by atoms with Gasteiger partial charge in [-0.2, -0.15) is 0 Å². The maximum atomic E-state index is 12.8. The van der Waals surface area contributed by atoms with Crippen molar-refractivity contribution in [2.24, 2.45) is 22.7 Å². The third-order valence-corrected chi connectivity index (χ3v) is 9.02. The molecule has 32 heavy (non-hydrogen) atoms. The lowest BCUT2D eigenvalue weighted by Gasteiger charge is -2.55. The van der Waals surface area contributed by atoms with Gasteiger partial charge < -0.3 is 4.90 Å². The number of rotatable bonds is 5. The van der Waals surface area contributed by atoms with E-state index in [1.54, 1.807) is 13.0 Å². The monoisotopic (exact) mass is 515 g/mol. The Kier molecular flexibility index (Phi) is 7.32. The zero-order valence-electron chi connectivity index (χ0n) is 18.7. The molecule has 4 aliphatic carbocycles. The number of anilines is 1. The standard InChI is InChI=1S/C24H31Cl2N3OS.ClH/c1-3-4-28-22(29(15(2)30)21-9-19(25)8-20(26)10-21)14-31-23(28)27-24-11-16-5-17(12-24)7-18(6-16)13-24;/h8-10,16-18,22H,3-7,11-14H2,1-2H3;1H. The van der Waals surface area contributed by atoms with Crippen LogP contribution in [0.25, 0.3) is 0 Å². The van der Waals surface area contributed by atoms with Crippen molar-refractivity contribution in [2.45, 2.75) is 70.5 Å². The molecule has 176 valence electrons. The van der Waals surface area contributed by atoms with Gasteiger partial charge in [0.25, 0.3) is 0 Å². The molecule has 4 nitrogen and oxygen atoms in total. The van der Waals surface area contributed by atoms with E-state index >= 15 is 0 Å². The molecule has 0 radical (unpaired) electrons. The molecule has 1 atom stereocenters. The minimum absolute atomic E-state index is 0. The van der Waals surface area contributed by atoms with E-state index in [4.69, 9.17) is 28.2 Å². The molecule has 1 saturated heterocycles. The zero-order valence-corrected chi connectivity index (χ0v) is 21.9. The molecule has 1 aromatic rings. The normalized spacial score (nSPS) is 34.1. The molecule has 0 spiro atoms. The Hall–Kier alpha value is -0.620. The smallest absolute Gasteiger partial charge is 0.225 e. The molecular weight excluding hydrogens is 485 g/mol. The second-order valence-electron chi connectivity index (χ2n) is 10.0. The summed E-state index contributed by atoms with van der Waals surface area (Å²) in [5.41, 5.74) is 0.894. The van der Waals surface area contributed by atoms with Crippen LogP contribution in [-0.2, 0) is 4.79 Å². The molecule has 5 fully saturated rings. The van der Waals surface area contributed by atoms with Crippen molar-refractivity contribution in [1.29, 1.82) is 0 Å². The van der Waals surface area contributed by atoms with E-state index in [0.717, 1.165) is 47.3 Å². The second-order valence-corrected chi connectivity index (χ2v) is 11.9. The number of nitrogens with zero attached hydrogens (tertiary/aromatic N) is 3. The fourth-order valence-electron chi connectivity index (χ4n) is 6.89. The predicted molar refractivity (Wildman–Crippen MR) is 138 cm³/mol. The van der Waals surface area contributed by atoms with Crippen molar-refractivity contribution in [3.63, 3.8) is 0 Å². The second kappa shape index (κ2) is 9.56. The number of thioether (sulfide) groups is 1. The van der Waals surface area contributed by atoms with Gasteiger partial charge >= 0.3 is 0 Å². The van der Waals surface area contributed by atoms with E-state index in [1.165, 1.54) is 38.5 Å². The van der Waals surface area contributed by atoms with Gasteiger partial charge in [0.2, 0.25) is 5.91 Å². The van der Waals surface area contributed by atoms with Gasteiger partial charge in [0.1, 0.15) is 6.17 Å². The van der Waals surface area contributed by atoms with Gasteiger partial charge in [-0.15, -0.1) is 12.4 Å². The van der Waals surface area contributed by atoms with Crippen LogP contribution in [-0.4, -0.2) is 40.0 Å². The largest absolute Gasteiger partial charge is 0.330 e. The molecule has 4 saturated carbocycles. The highest BCUT2D eigenvalue weighted by Gasteiger charge is 2.52. The van der Waals surface area contributed by atoms with Crippen LogP contribution < -0.4 is 4.90 Å². The van der Waals surface area contributed by atoms with Crippen molar-refractivity contribution >= 4 is 64.1 Å². The fourth-order valence-corrected chi connectivity index (χ4v) is 8.67. The summed E-state index contributed by atoms with van der Waals surface area (Å²) < 4.78 is 0. The molecule has 1 amide bonds. The number of aliphatic imine (C=N–C) groups is 1. The number of carbonyl (C=O) groups is 1. The molecule has 1 aliphatic heterocycles. The Balaban J connectivity index is 0.00000245. The Morgan fingerprint density at radius 3 is 2.19 bits per heavy atom. The first-order chi connectivity index (χ1) is 14.9. The van der Waals surface area contributed by atoms with Crippen LogP contribution in [0.3, 0.4) is 0 Å². The molecule has 6 rings (SSSR count). The quantitative estimate of drug-likeness (QED) is 0.428. The van der Waals surface area contributed by atoms with E-state index in [2.05, 4.69) is 11.8 Å². The minimum Gasteiger partial charge on any atom is -0.330 e. The number of hydrogen-bond donors (Lipinski definition) is 0. The van der Waals surface area contributed by atoms with Gasteiger partial charge in [-0.25, -0.2) is 0 Å². The average molecular weight is 517 g/mol. The van der Waals surface area contributed by atoms with E-state index in [0.29, 0.717) is 10.0 Å². The molecule has 1 unspecified atom stereocenters. The third-order valence-electron chi connectivity index (χ3n) is 7.53. The van der Waals surface area contributed by atoms with Crippen molar-refractivity contribution in [2.75, 3.05) is 17.2 Å². The number of benzene rings is 1. The highest BCUT2D eigenvalue weighted by atomic mass is 35.5. The maximum absolute atomic E-state index is 12.8. The van der Waals surface area contributed by atoms with Crippen molar-refractivity contribution in [3.8, 4) is 0 Å². The molecule has 0 N–H and O–H groups in total. The molecule has 5 aliphatic rings. The Morgan fingerprint density at radius 2 is 1.69 bits per heavy atom. The zero-order chi connectivity index (χ0) is 21.8. The van der Waals surface area contributed by atoms with Crippen molar-refractivity contribution < 1.29 is 4.79 Å². The summed E-state index contributed by atoms with van der Waals surface area (Å²) in [6, 6.07) is 5.37. The molecular formula is C24H32Cl3N3OS. The molecule has 0 aromatic heterocycles. The van der Waals surface area contributed by atoms with Crippen molar-refractivity contribution in [3.05, 3.63) is 28.2 Å². The first-order valence-electron chi connectivity index (χ1n) is 11.6. The number of carbonyl (C=O) groups excluding carboxylic acids is 1. The number of halogens is 3. The molecule has 4 bridgehead atoms. The first kappa shape index (κ1) is 24.5. The van der Waals surface area contributed by atoms with Gasteiger partial charge in [-0.1, -0.05) is 41.9 Å². The summed E-state index contributed by atoms with van der Waals surface area (Å²) in [5, 5.41) is 2.22. The molecule has 8 heteroatoms. The lowest BCUT2D eigenvalue weighted by Crippen LogP contribution is -2.52. The van der Waals surface area contributed by atoms with Gasteiger partial charge in [0.15, 0.2) is 5.17 Å². The van der Waals surface area contributed by atoms with Crippen LogP contribution in [0.4, 0.5) is 5.69 Å². The van der Waals surface area contributed by atoms with Gasteiger partial charge in [-0.3, -0.25) is 14.7 Å². The number of amidine groups is 1. The van der Waals surface area contributed by atoms with Crippen LogP contribution in [0.5, 0.6) is 0 Å². The highest BCUT2D eigenvalue weighted by molar-refractivity contribution is 8.14. The lowest BCUT2D eigenvalue weighted by atomic mass is 9.53. The van der Waals surface area contributed by atoms with Crippen LogP contribution >= 0.6 is 47.4 Å². The number of hydrogen-bond acceptors (Lipinski definition) is 3. The summed E-state index contributed by atoms with van der Waals surface area (Å²) in [5.74, 6) is 3.44. The molecule has 1 heterocycles. The van der Waals surface area contributed by atoms with Crippen LogP contribution in [0.2, 0.25) is 10.0 Å². The summed E-state index contributed by atoms with van der Waals surface area (Å²) in [6.07, 6.45) is 8.99. The average Bonchev–Trinajstić information content (AvgIpc) is 3.01. The topological polar surface area (TPSA) is 35.9 Å². The van der Waals surface area contributed by atoms with Crippen LogP contribution in [0, 0.1) is 17.8 Å². The Morgan fingerprint density at radius 1 is 1.12 bits per heavy atom. The summed E-state index contributed by atoms with van der Waals surface area (Å²) in [7, 11) is 0. The van der Waals surface area contributed by atoms with Gasteiger partial charge in [0, 0.05) is 35.0 Å². The minimum atomic E-state index is -0.0651. The summed E-state index contributed by atoms with van der Waals surface area (Å²) in [6.45, 7) is 4.70. The third kappa shape index (κ3) is 4.64. The Labute approximate surface area is 211 Å². The van der Waals surface area contributed by atoms with E-state index in [1.807, 2.05) is 28.8 Å².